The minimum atomic E-state index is -0.392. The first-order valence-corrected chi connectivity index (χ1v) is 6.97. The molecule has 0 aromatic heterocycles. The summed E-state index contributed by atoms with van der Waals surface area (Å²) in [4.78, 5) is 11.3. The maximum absolute atomic E-state index is 11.3. The van der Waals surface area contributed by atoms with E-state index in [0.717, 1.165) is 5.47 Å². The number of cyclic esters (lactones) is 1. The second-order valence-corrected chi connectivity index (χ2v) is 6.55. The quantitative estimate of drug-likeness (QED) is 0.743. The van der Waals surface area contributed by atoms with Gasteiger partial charge >= 0.3 is 13.2 Å². The van der Waals surface area contributed by atoms with E-state index >= 15 is 0 Å². The maximum atomic E-state index is 11.3. The fraction of sp³-hybridized carbons (Fsp3) is 0.643. The molecule has 20 heavy (non-hydrogen) atoms. The van der Waals surface area contributed by atoms with Crippen LogP contribution in [0.25, 0.3) is 0 Å². The van der Waals surface area contributed by atoms with Gasteiger partial charge in [-0.2, -0.15) is 0 Å². The zero-order chi connectivity index (χ0) is 14.5. The van der Waals surface area contributed by atoms with Crippen molar-refractivity contribution in [3.05, 3.63) is 23.7 Å². The Labute approximate surface area is 119 Å². The third-order valence-electron chi connectivity index (χ3n) is 4.59. The van der Waals surface area contributed by atoms with Crippen LogP contribution in [0.4, 0.5) is 4.79 Å². The number of alkyl carbamates (subject to hydrolysis) is 1. The van der Waals surface area contributed by atoms with Gasteiger partial charge in [-0.15, -0.1) is 0 Å². The van der Waals surface area contributed by atoms with E-state index in [1.807, 2.05) is 45.9 Å². The molecule has 3 aliphatic rings. The number of amides is 1. The Morgan fingerprint density at radius 2 is 1.90 bits per heavy atom. The smallest absolute Gasteiger partial charge is 0.449 e. The predicted molar refractivity (Wildman–Crippen MR) is 75.1 cm³/mol. The summed E-state index contributed by atoms with van der Waals surface area (Å²) in [7, 11) is -0.392. The summed E-state index contributed by atoms with van der Waals surface area (Å²) in [6, 6.07) is -0.0460. The molecule has 2 heterocycles. The van der Waals surface area contributed by atoms with Crippen LogP contribution in [0.1, 0.15) is 27.7 Å². The molecule has 108 valence electrons. The lowest BCUT2D eigenvalue weighted by Gasteiger charge is -2.32. The van der Waals surface area contributed by atoms with Crippen molar-refractivity contribution in [2.24, 2.45) is 5.92 Å². The molecular weight excluding hydrogens is 257 g/mol. The van der Waals surface area contributed by atoms with E-state index in [9.17, 15) is 4.79 Å². The lowest BCUT2D eigenvalue weighted by atomic mass is 9.73. The summed E-state index contributed by atoms with van der Waals surface area (Å²) >= 11 is 0. The summed E-state index contributed by atoms with van der Waals surface area (Å²) in [6.45, 7) is 8.52. The number of nitrogens with one attached hydrogen (secondary N) is 1. The van der Waals surface area contributed by atoms with Crippen molar-refractivity contribution >= 4 is 13.2 Å². The van der Waals surface area contributed by atoms with Gasteiger partial charge in [-0.3, -0.25) is 0 Å². The van der Waals surface area contributed by atoms with Gasteiger partial charge in [0.05, 0.1) is 17.2 Å². The predicted octanol–water partition coefficient (Wildman–Crippen LogP) is 1.84. The van der Waals surface area contributed by atoms with Gasteiger partial charge in [0.1, 0.15) is 6.61 Å². The van der Waals surface area contributed by atoms with Crippen LogP contribution >= 0.6 is 0 Å². The molecule has 0 bridgehead atoms. The second-order valence-electron chi connectivity index (χ2n) is 6.55. The standard InChI is InChI=1S/C14H20BNO4/c1-13(2)14(3,4)20-15(19-13)10-6-5-9-8-18-12(17)16-11(9)7-10/h5-7,9,11H,8H2,1-4H3,(H,16,17). The first kappa shape index (κ1) is 13.7. The Morgan fingerprint density at radius 1 is 1.25 bits per heavy atom. The molecule has 2 saturated heterocycles. The molecule has 2 fully saturated rings. The Morgan fingerprint density at radius 3 is 2.55 bits per heavy atom. The van der Waals surface area contributed by atoms with E-state index in [1.165, 1.54) is 0 Å². The van der Waals surface area contributed by atoms with Crippen LogP contribution in [-0.2, 0) is 14.0 Å². The van der Waals surface area contributed by atoms with Crippen molar-refractivity contribution in [1.82, 2.24) is 5.32 Å². The van der Waals surface area contributed by atoms with E-state index < -0.39 is 7.12 Å². The van der Waals surface area contributed by atoms with Gasteiger partial charge in [0, 0.05) is 5.92 Å². The number of hydrogen-bond acceptors (Lipinski definition) is 4. The van der Waals surface area contributed by atoms with Gasteiger partial charge in [-0.1, -0.05) is 18.2 Å². The Balaban J connectivity index is 1.79. The second kappa shape index (κ2) is 4.36. The highest BCUT2D eigenvalue weighted by molar-refractivity contribution is 6.55. The molecule has 0 aromatic rings. The van der Waals surface area contributed by atoms with Gasteiger partial charge in [0.15, 0.2) is 0 Å². The summed E-state index contributed by atoms with van der Waals surface area (Å²) < 4.78 is 17.0. The van der Waals surface area contributed by atoms with Crippen molar-refractivity contribution in [2.45, 2.75) is 44.9 Å². The number of carbonyl (C=O) groups excluding carboxylic acids is 1. The van der Waals surface area contributed by atoms with Crippen LogP contribution in [0.2, 0.25) is 0 Å². The topological polar surface area (TPSA) is 56.8 Å². The van der Waals surface area contributed by atoms with Crippen LogP contribution < -0.4 is 5.32 Å². The number of carbonyl (C=O) groups is 1. The highest BCUT2D eigenvalue weighted by Crippen LogP contribution is 2.39. The summed E-state index contributed by atoms with van der Waals surface area (Å²) in [6.07, 6.45) is 5.69. The van der Waals surface area contributed by atoms with Gasteiger partial charge in [-0.05, 0) is 33.2 Å². The normalized spacial score (nSPS) is 34.1. The fourth-order valence-corrected chi connectivity index (χ4v) is 2.53. The van der Waals surface area contributed by atoms with E-state index in [1.54, 1.807) is 0 Å². The van der Waals surface area contributed by atoms with Crippen LogP contribution in [0.3, 0.4) is 0 Å². The van der Waals surface area contributed by atoms with Crippen LogP contribution in [0.5, 0.6) is 0 Å². The average molecular weight is 277 g/mol. The monoisotopic (exact) mass is 277 g/mol. The zero-order valence-corrected chi connectivity index (χ0v) is 12.3. The van der Waals surface area contributed by atoms with Crippen LogP contribution in [0, 0.1) is 5.92 Å². The van der Waals surface area contributed by atoms with Crippen molar-refractivity contribution in [2.75, 3.05) is 6.61 Å². The molecule has 3 rings (SSSR count). The van der Waals surface area contributed by atoms with Crippen molar-refractivity contribution < 1.29 is 18.8 Å². The molecule has 0 saturated carbocycles. The van der Waals surface area contributed by atoms with Gasteiger partial charge in [0.2, 0.25) is 0 Å². The highest BCUT2D eigenvalue weighted by Gasteiger charge is 2.52. The number of ether oxygens (including phenoxy) is 1. The third-order valence-corrected chi connectivity index (χ3v) is 4.59. The molecule has 0 radical (unpaired) electrons. The van der Waals surface area contributed by atoms with E-state index in [-0.39, 0.29) is 29.3 Å². The van der Waals surface area contributed by atoms with Crippen LogP contribution in [-0.4, -0.2) is 37.1 Å². The number of rotatable bonds is 1. The molecule has 0 spiro atoms. The molecule has 0 aromatic carbocycles. The number of allylic oxidation sites excluding steroid dienone is 2. The molecule has 2 unspecified atom stereocenters. The Kier molecular flexibility index (Phi) is 2.99. The largest absolute Gasteiger partial charge is 0.494 e. The lowest BCUT2D eigenvalue weighted by molar-refractivity contribution is 0.00578. The molecule has 5 nitrogen and oxygen atoms in total. The Bertz CT molecular complexity index is 481. The zero-order valence-electron chi connectivity index (χ0n) is 12.3. The van der Waals surface area contributed by atoms with E-state index in [4.69, 9.17) is 14.0 Å². The summed E-state index contributed by atoms with van der Waals surface area (Å²) in [5, 5.41) is 2.81. The summed E-state index contributed by atoms with van der Waals surface area (Å²) in [5.74, 6) is 0.180. The lowest BCUT2D eigenvalue weighted by Crippen LogP contribution is -2.47. The van der Waals surface area contributed by atoms with Gasteiger partial charge < -0.3 is 19.4 Å². The van der Waals surface area contributed by atoms with Crippen molar-refractivity contribution in [3.8, 4) is 0 Å². The molecule has 1 amide bonds. The fourth-order valence-electron chi connectivity index (χ4n) is 2.53. The van der Waals surface area contributed by atoms with E-state index in [2.05, 4.69) is 5.32 Å². The van der Waals surface area contributed by atoms with Crippen LogP contribution in [0.15, 0.2) is 23.7 Å². The van der Waals surface area contributed by atoms with Crippen molar-refractivity contribution in [1.29, 1.82) is 0 Å². The maximum Gasteiger partial charge on any atom is 0.494 e. The van der Waals surface area contributed by atoms with Gasteiger partial charge in [-0.25, -0.2) is 4.79 Å². The van der Waals surface area contributed by atoms with E-state index in [0.29, 0.717) is 6.61 Å². The number of fused-ring (bicyclic) bond motifs is 1. The first-order valence-electron chi connectivity index (χ1n) is 6.97. The molecule has 2 aliphatic heterocycles. The molecule has 1 aliphatic carbocycles. The third kappa shape index (κ3) is 2.17. The minimum absolute atomic E-state index is 0.0460. The minimum Gasteiger partial charge on any atom is -0.449 e. The molecular formula is C14H20BNO4. The molecule has 1 N–H and O–H groups in total. The highest BCUT2D eigenvalue weighted by atomic mass is 16.7. The molecule has 2 atom stereocenters. The van der Waals surface area contributed by atoms with Crippen molar-refractivity contribution in [3.63, 3.8) is 0 Å². The number of hydrogen-bond donors (Lipinski definition) is 1. The Hall–Kier alpha value is -1.27. The van der Waals surface area contributed by atoms with Gasteiger partial charge in [0.25, 0.3) is 0 Å². The summed E-state index contributed by atoms with van der Waals surface area (Å²) in [5.41, 5.74) is 0.233. The average Bonchev–Trinajstić information content (AvgIpc) is 2.57. The SMILES string of the molecule is CC1(C)OB(C2=CC3NC(=O)OCC3C=C2)OC1(C)C. The first-order chi connectivity index (χ1) is 9.28. The molecule has 6 heteroatoms.